The van der Waals surface area contributed by atoms with Gasteiger partial charge in [-0.3, -0.25) is 9.98 Å². The van der Waals surface area contributed by atoms with Gasteiger partial charge in [0.2, 0.25) is 0 Å². The molecule has 0 amide bonds. The molecular weight excluding hydrogens is 340 g/mol. The monoisotopic (exact) mass is 360 g/mol. The maximum absolute atomic E-state index is 5.04. The second-order valence-electron chi connectivity index (χ2n) is 6.82. The standard InChI is InChI=1S/C21H20N4S/c1-15-13-25-20(16-10-12-24(14-16)17-7-3-2-4-8-17)19(23-21(25)26-15)18-9-5-6-11-22-18/h2-12,14-15,19-20H,13H2,1H3/t15-,19-,20+/m1/s1. The normalized spacial score (nSPS) is 24.6. The quantitative estimate of drug-likeness (QED) is 0.691. The third-order valence-electron chi connectivity index (χ3n) is 4.99. The van der Waals surface area contributed by atoms with E-state index in [1.54, 1.807) is 0 Å². The largest absolute Gasteiger partial charge is 0.341 e. The van der Waals surface area contributed by atoms with Crippen LogP contribution < -0.4 is 0 Å². The summed E-state index contributed by atoms with van der Waals surface area (Å²) in [6, 6.07) is 19.0. The summed E-state index contributed by atoms with van der Waals surface area (Å²) in [7, 11) is 0. The minimum atomic E-state index is 0.0535. The van der Waals surface area contributed by atoms with Gasteiger partial charge in [0.25, 0.3) is 0 Å². The number of nitrogens with zero attached hydrogens (tertiary/aromatic N) is 4. The molecule has 0 radical (unpaired) electrons. The molecule has 26 heavy (non-hydrogen) atoms. The van der Waals surface area contributed by atoms with E-state index in [0.29, 0.717) is 5.25 Å². The van der Waals surface area contributed by atoms with Crippen LogP contribution in [0.4, 0.5) is 0 Å². The second-order valence-corrected chi connectivity index (χ2v) is 8.23. The third kappa shape index (κ3) is 2.63. The molecule has 0 spiro atoms. The fourth-order valence-electron chi connectivity index (χ4n) is 3.83. The number of thioether (sulfide) groups is 1. The van der Waals surface area contributed by atoms with Crippen molar-refractivity contribution in [2.45, 2.75) is 24.3 Å². The van der Waals surface area contributed by atoms with Crippen molar-refractivity contribution < 1.29 is 0 Å². The maximum atomic E-state index is 5.04. The number of aliphatic imine (C=N–C) groups is 1. The van der Waals surface area contributed by atoms with Crippen LogP contribution in [-0.4, -0.2) is 31.4 Å². The van der Waals surface area contributed by atoms with E-state index in [9.17, 15) is 0 Å². The van der Waals surface area contributed by atoms with Crippen LogP contribution in [0.25, 0.3) is 5.69 Å². The van der Waals surface area contributed by atoms with E-state index in [1.807, 2.05) is 36.2 Å². The summed E-state index contributed by atoms with van der Waals surface area (Å²) in [4.78, 5) is 12.1. The van der Waals surface area contributed by atoms with Crippen molar-refractivity contribution in [1.82, 2.24) is 14.5 Å². The molecule has 0 saturated carbocycles. The maximum Gasteiger partial charge on any atom is 0.160 e. The first-order chi connectivity index (χ1) is 12.8. The molecule has 1 fully saturated rings. The Morgan fingerprint density at radius 3 is 2.69 bits per heavy atom. The molecule has 0 aliphatic carbocycles. The van der Waals surface area contributed by atoms with Crippen LogP contribution in [0.2, 0.25) is 0 Å². The van der Waals surface area contributed by atoms with E-state index in [-0.39, 0.29) is 12.1 Å². The van der Waals surface area contributed by atoms with Crippen molar-refractivity contribution in [1.29, 1.82) is 0 Å². The van der Waals surface area contributed by atoms with Gasteiger partial charge in [-0.25, -0.2) is 0 Å². The molecule has 3 aromatic rings. The number of pyridine rings is 1. The summed E-state index contributed by atoms with van der Waals surface area (Å²) >= 11 is 1.88. The zero-order valence-electron chi connectivity index (χ0n) is 14.6. The van der Waals surface area contributed by atoms with Crippen molar-refractivity contribution in [3.8, 4) is 5.69 Å². The molecular formula is C21H20N4S. The van der Waals surface area contributed by atoms with Gasteiger partial charge in [-0.2, -0.15) is 0 Å². The van der Waals surface area contributed by atoms with Crippen LogP contribution in [0.5, 0.6) is 0 Å². The molecule has 4 heterocycles. The Morgan fingerprint density at radius 1 is 1.04 bits per heavy atom. The molecule has 5 rings (SSSR count). The van der Waals surface area contributed by atoms with Crippen LogP contribution in [0, 0.1) is 0 Å². The Hall–Kier alpha value is -2.53. The van der Waals surface area contributed by atoms with Crippen LogP contribution in [0.15, 0.2) is 78.2 Å². The van der Waals surface area contributed by atoms with Crippen molar-refractivity contribution in [2.75, 3.05) is 6.54 Å². The first-order valence-corrected chi connectivity index (χ1v) is 9.83. The Morgan fingerprint density at radius 2 is 1.88 bits per heavy atom. The Balaban J connectivity index is 1.54. The molecule has 130 valence electrons. The fraction of sp³-hybridized carbons (Fsp3) is 0.238. The Bertz CT molecular complexity index is 935. The van der Waals surface area contributed by atoms with Crippen molar-refractivity contribution >= 4 is 16.9 Å². The highest BCUT2D eigenvalue weighted by molar-refractivity contribution is 8.14. The SMILES string of the molecule is C[C@@H]1CN2C(=N[C@H](c3ccccn3)[C@@H]2c2ccn(-c3ccccc3)c2)S1. The number of amidine groups is 1. The lowest BCUT2D eigenvalue weighted by Gasteiger charge is -2.26. The average molecular weight is 360 g/mol. The smallest absolute Gasteiger partial charge is 0.160 e. The number of aromatic nitrogens is 2. The van der Waals surface area contributed by atoms with Gasteiger partial charge in [0, 0.05) is 36.1 Å². The molecule has 0 N–H and O–H groups in total. The molecule has 2 aromatic heterocycles. The zero-order chi connectivity index (χ0) is 17.5. The zero-order valence-corrected chi connectivity index (χ0v) is 15.4. The van der Waals surface area contributed by atoms with E-state index in [1.165, 1.54) is 11.3 Å². The molecule has 2 aliphatic rings. The molecule has 4 nitrogen and oxygen atoms in total. The lowest BCUT2D eigenvalue weighted by atomic mass is 9.99. The number of hydrogen-bond donors (Lipinski definition) is 0. The Labute approximate surface area is 157 Å². The number of benzene rings is 1. The van der Waals surface area contributed by atoms with Gasteiger partial charge in [-0.05, 0) is 35.9 Å². The van der Waals surface area contributed by atoms with Crippen molar-refractivity contribution in [2.24, 2.45) is 4.99 Å². The third-order valence-corrected chi connectivity index (χ3v) is 6.10. The predicted molar refractivity (Wildman–Crippen MR) is 107 cm³/mol. The van der Waals surface area contributed by atoms with Crippen molar-refractivity contribution in [3.05, 3.63) is 84.4 Å². The van der Waals surface area contributed by atoms with Crippen LogP contribution in [-0.2, 0) is 0 Å². The highest BCUT2D eigenvalue weighted by Crippen LogP contribution is 2.47. The number of hydrogen-bond acceptors (Lipinski definition) is 4. The molecule has 0 unspecified atom stereocenters. The molecule has 5 heteroatoms. The summed E-state index contributed by atoms with van der Waals surface area (Å²) in [6.07, 6.45) is 6.24. The highest BCUT2D eigenvalue weighted by Gasteiger charge is 2.43. The van der Waals surface area contributed by atoms with Crippen LogP contribution in [0.1, 0.15) is 30.3 Å². The van der Waals surface area contributed by atoms with Crippen LogP contribution in [0.3, 0.4) is 0 Å². The van der Waals surface area contributed by atoms with Crippen molar-refractivity contribution in [3.63, 3.8) is 0 Å². The number of rotatable bonds is 3. The topological polar surface area (TPSA) is 33.4 Å². The van der Waals surface area contributed by atoms with E-state index in [0.717, 1.165) is 17.4 Å². The van der Waals surface area contributed by atoms with Gasteiger partial charge in [0.05, 0.1) is 11.7 Å². The van der Waals surface area contributed by atoms with Gasteiger partial charge < -0.3 is 9.47 Å². The fourth-order valence-corrected chi connectivity index (χ4v) is 4.92. The first-order valence-electron chi connectivity index (χ1n) is 8.95. The molecule has 1 saturated heterocycles. The first kappa shape index (κ1) is 15.7. The molecule has 2 aliphatic heterocycles. The van der Waals surface area contributed by atoms with Crippen LogP contribution >= 0.6 is 11.8 Å². The summed E-state index contributed by atoms with van der Waals surface area (Å²) < 4.78 is 2.19. The lowest BCUT2D eigenvalue weighted by molar-refractivity contribution is 0.321. The Kier molecular flexibility index (Phi) is 3.82. The van der Waals surface area contributed by atoms with Gasteiger partial charge in [-0.15, -0.1) is 0 Å². The van der Waals surface area contributed by atoms with Gasteiger partial charge in [-0.1, -0.05) is 43.0 Å². The van der Waals surface area contributed by atoms with E-state index >= 15 is 0 Å². The molecule has 0 bridgehead atoms. The van der Waals surface area contributed by atoms with E-state index in [2.05, 4.69) is 70.2 Å². The van der Waals surface area contributed by atoms with E-state index in [4.69, 9.17) is 4.99 Å². The van der Waals surface area contributed by atoms with E-state index < -0.39 is 0 Å². The number of fused-ring (bicyclic) bond motifs is 1. The number of para-hydroxylation sites is 1. The minimum Gasteiger partial charge on any atom is -0.341 e. The summed E-state index contributed by atoms with van der Waals surface area (Å²) in [6.45, 7) is 3.31. The summed E-state index contributed by atoms with van der Waals surface area (Å²) in [5.41, 5.74) is 3.51. The lowest BCUT2D eigenvalue weighted by Crippen LogP contribution is -2.28. The highest BCUT2D eigenvalue weighted by atomic mass is 32.2. The summed E-state index contributed by atoms with van der Waals surface area (Å²) in [5, 5.41) is 1.74. The molecule has 1 aromatic carbocycles. The average Bonchev–Trinajstić information content (AvgIpc) is 3.37. The molecule has 3 atom stereocenters. The van der Waals surface area contributed by atoms with Gasteiger partial charge >= 0.3 is 0 Å². The predicted octanol–water partition coefficient (Wildman–Crippen LogP) is 4.46. The minimum absolute atomic E-state index is 0.0535. The summed E-state index contributed by atoms with van der Waals surface area (Å²) in [5.74, 6) is 0. The second kappa shape index (κ2) is 6.32. The van der Waals surface area contributed by atoms with Gasteiger partial charge in [0.15, 0.2) is 5.17 Å². The van der Waals surface area contributed by atoms with Gasteiger partial charge in [0.1, 0.15) is 6.04 Å².